The lowest BCUT2D eigenvalue weighted by Crippen LogP contribution is -2.26. The van der Waals surface area contributed by atoms with E-state index in [0.29, 0.717) is 13.0 Å². The fourth-order valence-electron chi connectivity index (χ4n) is 1.92. The smallest absolute Gasteiger partial charge is 0.0785 e. The van der Waals surface area contributed by atoms with Gasteiger partial charge in [-0.3, -0.25) is 0 Å². The van der Waals surface area contributed by atoms with Crippen LogP contribution in [0.15, 0.2) is 35.0 Å². The van der Waals surface area contributed by atoms with Crippen LogP contribution in [-0.4, -0.2) is 31.5 Å². The van der Waals surface area contributed by atoms with Crippen LogP contribution in [0, 0.1) is 0 Å². The summed E-state index contributed by atoms with van der Waals surface area (Å²) in [5.41, 5.74) is 0. The molecule has 2 rings (SSSR count). The Morgan fingerprint density at radius 3 is 2.32 bits per heavy atom. The Kier molecular flexibility index (Phi) is 6.00. The van der Waals surface area contributed by atoms with Gasteiger partial charge in [0.25, 0.3) is 0 Å². The first-order valence-corrected chi connectivity index (χ1v) is 8.04. The molecule has 19 heavy (non-hydrogen) atoms. The van der Waals surface area contributed by atoms with Crippen LogP contribution in [0.25, 0.3) is 0 Å². The van der Waals surface area contributed by atoms with Gasteiger partial charge in [-0.25, -0.2) is 0 Å². The van der Waals surface area contributed by atoms with Gasteiger partial charge in [0.05, 0.1) is 18.8 Å². The van der Waals surface area contributed by atoms with Gasteiger partial charge in [0, 0.05) is 16.9 Å². The fraction of sp³-hybridized carbons (Fsp3) is 0.429. The Bertz CT molecular complexity index is 408. The van der Waals surface area contributed by atoms with E-state index >= 15 is 0 Å². The molecule has 0 aliphatic rings. The highest BCUT2D eigenvalue weighted by molar-refractivity contribution is 7.11. The lowest BCUT2D eigenvalue weighted by molar-refractivity contribution is 0.0592. The van der Waals surface area contributed by atoms with E-state index in [1.165, 1.54) is 9.75 Å². The monoisotopic (exact) mass is 297 g/mol. The number of hydrogen-bond donors (Lipinski definition) is 2. The second kappa shape index (κ2) is 7.77. The molecule has 1 atom stereocenters. The van der Waals surface area contributed by atoms with Gasteiger partial charge < -0.3 is 15.2 Å². The van der Waals surface area contributed by atoms with Crippen LogP contribution >= 0.6 is 22.7 Å². The lowest BCUT2D eigenvalue weighted by atomic mass is 10.2. The molecule has 0 amide bonds. The van der Waals surface area contributed by atoms with Crippen molar-refractivity contribution in [1.82, 2.24) is 5.32 Å². The molecule has 2 heterocycles. The zero-order valence-corrected chi connectivity index (χ0v) is 12.5. The highest BCUT2D eigenvalue weighted by Crippen LogP contribution is 2.28. The molecule has 0 saturated heterocycles. The summed E-state index contributed by atoms with van der Waals surface area (Å²) >= 11 is 3.51. The van der Waals surface area contributed by atoms with Gasteiger partial charge in [-0.05, 0) is 35.9 Å². The standard InChI is InChI=1S/C14H19NO2S2/c1-17-10-11(16)6-7-15-14(12-4-2-8-18-12)13-5-3-9-19-13/h2-5,8-9,11,14-16H,6-7,10H2,1H3. The van der Waals surface area contributed by atoms with Crippen molar-refractivity contribution in [2.45, 2.75) is 18.6 Å². The second-order valence-electron chi connectivity index (χ2n) is 4.32. The lowest BCUT2D eigenvalue weighted by Gasteiger charge is -2.17. The van der Waals surface area contributed by atoms with E-state index in [1.54, 1.807) is 29.8 Å². The van der Waals surface area contributed by atoms with Crippen LogP contribution in [0.2, 0.25) is 0 Å². The normalized spacial score (nSPS) is 13.0. The highest BCUT2D eigenvalue weighted by atomic mass is 32.1. The van der Waals surface area contributed by atoms with E-state index in [4.69, 9.17) is 4.74 Å². The minimum atomic E-state index is -0.398. The Balaban J connectivity index is 1.92. The molecular formula is C14H19NO2S2. The van der Waals surface area contributed by atoms with Gasteiger partial charge in [0.2, 0.25) is 0 Å². The molecule has 5 heteroatoms. The molecule has 2 N–H and O–H groups in total. The van der Waals surface area contributed by atoms with Gasteiger partial charge in [-0.15, -0.1) is 22.7 Å². The molecule has 2 aromatic rings. The topological polar surface area (TPSA) is 41.5 Å². The highest BCUT2D eigenvalue weighted by Gasteiger charge is 2.15. The van der Waals surface area contributed by atoms with Gasteiger partial charge >= 0.3 is 0 Å². The molecular weight excluding hydrogens is 278 g/mol. The van der Waals surface area contributed by atoms with Crippen molar-refractivity contribution in [1.29, 1.82) is 0 Å². The number of aliphatic hydroxyl groups is 1. The average molecular weight is 297 g/mol. The number of nitrogens with one attached hydrogen (secondary N) is 1. The molecule has 0 aromatic carbocycles. The molecule has 2 aromatic heterocycles. The van der Waals surface area contributed by atoms with Crippen LogP contribution in [0.1, 0.15) is 22.2 Å². The number of aliphatic hydroxyl groups excluding tert-OH is 1. The molecule has 104 valence electrons. The van der Waals surface area contributed by atoms with Crippen molar-refractivity contribution >= 4 is 22.7 Å². The first-order chi connectivity index (χ1) is 9.31. The Morgan fingerprint density at radius 1 is 1.21 bits per heavy atom. The molecule has 0 spiro atoms. The number of rotatable bonds is 8. The summed E-state index contributed by atoms with van der Waals surface area (Å²) < 4.78 is 4.93. The summed E-state index contributed by atoms with van der Waals surface area (Å²) in [6.45, 7) is 1.16. The number of hydrogen-bond acceptors (Lipinski definition) is 5. The van der Waals surface area contributed by atoms with E-state index in [9.17, 15) is 5.11 Å². The van der Waals surface area contributed by atoms with Gasteiger partial charge in [0.15, 0.2) is 0 Å². The maximum atomic E-state index is 9.66. The summed E-state index contributed by atoms with van der Waals surface area (Å²) in [4.78, 5) is 2.62. The van der Waals surface area contributed by atoms with Crippen molar-refractivity contribution < 1.29 is 9.84 Å². The van der Waals surface area contributed by atoms with E-state index in [0.717, 1.165) is 6.54 Å². The molecule has 0 aliphatic heterocycles. The van der Waals surface area contributed by atoms with Crippen LogP contribution in [0.4, 0.5) is 0 Å². The van der Waals surface area contributed by atoms with Crippen molar-refractivity contribution in [3.8, 4) is 0 Å². The minimum Gasteiger partial charge on any atom is -0.391 e. The van der Waals surface area contributed by atoms with E-state index < -0.39 is 6.10 Å². The number of ether oxygens (including phenoxy) is 1. The van der Waals surface area contributed by atoms with Gasteiger partial charge in [-0.2, -0.15) is 0 Å². The third kappa shape index (κ3) is 4.40. The average Bonchev–Trinajstić information content (AvgIpc) is 3.08. The maximum absolute atomic E-state index is 9.66. The zero-order valence-electron chi connectivity index (χ0n) is 10.9. The van der Waals surface area contributed by atoms with Crippen molar-refractivity contribution in [2.75, 3.05) is 20.3 Å². The predicted molar refractivity (Wildman–Crippen MR) is 81.0 cm³/mol. The SMILES string of the molecule is COCC(O)CCNC(c1cccs1)c1cccs1. The molecule has 0 saturated carbocycles. The summed E-state index contributed by atoms with van der Waals surface area (Å²) in [7, 11) is 1.61. The van der Waals surface area contributed by atoms with Crippen molar-refractivity contribution in [3.05, 3.63) is 44.8 Å². The predicted octanol–water partition coefficient (Wildman–Crippen LogP) is 2.89. The van der Waals surface area contributed by atoms with Crippen LogP contribution < -0.4 is 5.32 Å². The largest absolute Gasteiger partial charge is 0.391 e. The molecule has 0 fully saturated rings. The van der Waals surface area contributed by atoms with E-state index in [2.05, 4.69) is 40.3 Å². The Hall–Kier alpha value is -0.720. The number of thiophene rings is 2. The summed E-state index contributed by atoms with van der Waals surface area (Å²) in [5, 5.41) is 17.4. The Labute approximate surface area is 121 Å². The third-order valence-corrected chi connectivity index (χ3v) is 4.71. The maximum Gasteiger partial charge on any atom is 0.0785 e. The molecule has 0 radical (unpaired) electrons. The van der Waals surface area contributed by atoms with Crippen LogP contribution in [0.3, 0.4) is 0 Å². The van der Waals surface area contributed by atoms with E-state index in [-0.39, 0.29) is 6.04 Å². The fourth-order valence-corrected chi connectivity index (χ4v) is 3.63. The van der Waals surface area contributed by atoms with Gasteiger partial charge in [-0.1, -0.05) is 12.1 Å². The first kappa shape index (κ1) is 14.7. The Morgan fingerprint density at radius 2 is 1.84 bits per heavy atom. The summed E-state index contributed by atoms with van der Waals surface area (Å²) in [6.07, 6.45) is 0.297. The molecule has 1 unspecified atom stereocenters. The quantitative estimate of drug-likeness (QED) is 0.787. The van der Waals surface area contributed by atoms with Crippen LogP contribution in [0.5, 0.6) is 0 Å². The van der Waals surface area contributed by atoms with Gasteiger partial charge in [0.1, 0.15) is 0 Å². The summed E-state index contributed by atoms with van der Waals surface area (Å²) in [6, 6.07) is 8.67. The third-order valence-electron chi connectivity index (χ3n) is 2.84. The minimum absolute atomic E-state index is 0.231. The van der Waals surface area contributed by atoms with E-state index in [1.807, 2.05) is 0 Å². The number of methoxy groups -OCH3 is 1. The zero-order chi connectivity index (χ0) is 13.5. The van der Waals surface area contributed by atoms with Crippen molar-refractivity contribution in [3.63, 3.8) is 0 Å². The van der Waals surface area contributed by atoms with Crippen molar-refractivity contribution in [2.24, 2.45) is 0 Å². The first-order valence-electron chi connectivity index (χ1n) is 6.28. The molecule has 3 nitrogen and oxygen atoms in total. The molecule has 0 aliphatic carbocycles. The molecule has 0 bridgehead atoms. The van der Waals surface area contributed by atoms with Crippen LogP contribution in [-0.2, 0) is 4.74 Å². The summed E-state index contributed by atoms with van der Waals surface area (Å²) in [5.74, 6) is 0. The second-order valence-corrected chi connectivity index (χ2v) is 6.27.